The van der Waals surface area contributed by atoms with E-state index < -0.39 is 0 Å². The molecule has 0 aliphatic rings. The van der Waals surface area contributed by atoms with Crippen molar-refractivity contribution >= 4 is 17.5 Å². The Bertz CT molecular complexity index is 99.7. The topological polar surface area (TPSA) is 29.1 Å². The molecule has 0 fully saturated rings. The van der Waals surface area contributed by atoms with Crippen molar-refractivity contribution in [1.29, 1.82) is 0 Å². The van der Waals surface area contributed by atoms with Crippen molar-refractivity contribution in [2.45, 2.75) is 12.8 Å². The van der Waals surface area contributed by atoms with Gasteiger partial charge in [0.2, 0.25) is 5.91 Å². The monoisotopic (exact) mass is 167 g/mol. The summed E-state index contributed by atoms with van der Waals surface area (Å²) in [6.45, 7) is 0.201. The maximum Gasteiger partial charge on any atom is 0.234 e. The van der Waals surface area contributed by atoms with Crippen molar-refractivity contribution in [1.82, 2.24) is 5.32 Å². The predicted molar refractivity (Wildman–Crippen MR) is 38.9 cm³/mol. The molecule has 4 heteroatoms. The molecule has 1 amide bonds. The average Bonchev–Trinajstić information content (AvgIpc) is 1.98. The normalized spacial score (nSPS) is 9.40. The van der Waals surface area contributed by atoms with E-state index >= 15 is 0 Å². The molecule has 0 aliphatic heterocycles. The molecule has 0 heterocycles. The lowest BCUT2D eigenvalue weighted by Crippen LogP contribution is -2.25. The fourth-order valence-corrected chi connectivity index (χ4v) is 0.589. The van der Waals surface area contributed by atoms with Crippen LogP contribution in [0.1, 0.15) is 12.8 Å². The number of carbonyl (C=O) groups is 1. The van der Waals surface area contributed by atoms with Gasteiger partial charge in [0.15, 0.2) is 0 Å². The summed E-state index contributed by atoms with van der Waals surface area (Å²) in [4.78, 5) is 10.4. The molecule has 2 nitrogen and oxygen atoms in total. The van der Waals surface area contributed by atoms with Crippen molar-refractivity contribution in [3.8, 4) is 0 Å². The highest BCUT2D eigenvalue weighted by atomic mass is 35.5. The van der Waals surface area contributed by atoms with Crippen LogP contribution in [0, 0.1) is 0 Å². The van der Waals surface area contributed by atoms with E-state index in [1.54, 1.807) is 0 Å². The van der Waals surface area contributed by atoms with Crippen molar-refractivity contribution < 1.29 is 9.18 Å². The van der Waals surface area contributed by atoms with Gasteiger partial charge < -0.3 is 5.32 Å². The number of nitrogens with one attached hydrogen (secondary N) is 1. The van der Waals surface area contributed by atoms with Gasteiger partial charge in [-0.3, -0.25) is 9.18 Å². The number of rotatable bonds is 5. The van der Waals surface area contributed by atoms with E-state index in [0.717, 1.165) is 0 Å². The van der Waals surface area contributed by atoms with Crippen LogP contribution in [0.2, 0.25) is 0 Å². The zero-order valence-corrected chi connectivity index (χ0v) is 6.46. The first kappa shape index (κ1) is 9.69. The number of unbranched alkanes of at least 4 members (excludes halogenated alkanes) is 1. The molecule has 0 atom stereocenters. The van der Waals surface area contributed by atoms with Gasteiger partial charge in [0, 0.05) is 6.54 Å². The van der Waals surface area contributed by atoms with Gasteiger partial charge in [0.25, 0.3) is 0 Å². The minimum atomic E-state index is -0.323. The number of hydrogen-bond acceptors (Lipinski definition) is 1. The fraction of sp³-hybridized carbons (Fsp3) is 0.833. The number of halogens is 2. The third kappa shape index (κ3) is 5.82. The molecule has 0 spiro atoms. The van der Waals surface area contributed by atoms with Crippen molar-refractivity contribution in [2.24, 2.45) is 0 Å². The van der Waals surface area contributed by atoms with Crippen LogP contribution in [-0.4, -0.2) is 25.0 Å². The van der Waals surface area contributed by atoms with Gasteiger partial charge in [0.1, 0.15) is 5.88 Å². The molecule has 0 aromatic heterocycles. The molecule has 0 unspecified atom stereocenters. The Hall–Kier alpha value is -0.310. The molecule has 0 radical (unpaired) electrons. The second-order valence-electron chi connectivity index (χ2n) is 1.88. The average molecular weight is 168 g/mol. The minimum Gasteiger partial charge on any atom is -0.355 e. The van der Waals surface area contributed by atoms with Gasteiger partial charge in [-0.2, -0.15) is 0 Å². The lowest BCUT2D eigenvalue weighted by atomic mass is 10.3. The second-order valence-corrected chi connectivity index (χ2v) is 2.15. The largest absolute Gasteiger partial charge is 0.355 e. The molecular weight excluding hydrogens is 157 g/mol. The zero-order valence-electron chi connectivity index (χ0n) is 5.70. The molecule has 0 aromatic rings. The zero-order chi connectivity index (χ0) is 7.82. The predicted octanol–water partition coefficient (Wildman–Crippen LogP) is 1.09. The summed E-state index contributed by atoms with van der Waals surface area (Å²) in [6, 6.07) is 0. The van der Waals surface area contributed by atoms with E-state index in [2.05, 4.69) is 5.32 Å². The van der Waals surface area contributed by atoms with E-state index in [4.69, 9.17) is 11.6 Å². The first-order valence-electron chi connectivity index (χ1n) is 3.20. The first-order chi connectivity index (χ1) is 4.81. The Morgan fingerprint density at radius 2 is 2.20 bits per heavy atom. The standard InChI is InChI=1S/C6H11ClFNO/c7-5-6(10)9-4-2-1-3-8/h1-5H2,(H,9,10). The lowest BCUT2D eigenvalue weighted by Gasteiger charge is -1.99. The summed E-state index contributed by atoms with van der Waals surface area (Å²) >= 11 is 5.18. The highest BCUT2D eigenvalue weighted by Crippen LogP contribution is 1.86. The summed E-state index contributed by atoms with van der Waals surface area (Å²) in [5.41, 5.74) is 0. The van der Waals surface area contributed by atoms with E-state index in [0.29, 0.717) is 19.4 Å². The number of alkyl halides is 2. The Morgan fingerprint density at radius 3 is 2.70 bits per heavy atom. The van der Waals surface area contributed by atoms with Crippen molar-refractivity contribution in [2.75, 3.05) is 19.1 Å². The Kier molecular flexibility index (Phi) is 6.59. The number of amides is 1. The molecule has 0 aliphatic carbocycles. The lowest BCUT2D eigenvalue weighted by molar-refractivity contribution is -0.118. The summed E-state index contributed by atoms with van der Waals surface area (Å²) in [5.74, 6) is -0.212. The Morgan fingerprint density at radius 1 is 1.50 bits per heavy atom. The van der Waals surface area contributed by atoms with Crippen LogP contribution in [0.25, 0.3) is 0 Å². The van der Waals surface area contributed by atoms with Crippen LogP contribution in [0.15, 0.2) is 0 Å². The maximum atomic E-state index is 11.5. The van der Waals surface area contributed by atoms with Gasteiger partial charge >= 0.3 is 0 Å². The van der Waals surface area contributed by atoms with E-state index in [1.807, 2.05) is 0 Å². The SMILES string of the molecule is O=C(CCl)NCCCCF. The molecule has 0 bridgehead atoms. The Balaban J connectivity index is 2.96. The fourth-order valence-electron chi connectivity index (χ4n) is 0.495. The molecular formula is C6H11ClFNO. The number of hydrogen-bond donors (Lipinski definition) is 1. The van der Waals surface area contributed by atoms with Crippen molar-refractivity contribution in [3.05, 3.63) is 0 Å². The molecule has 0 saturated carbocycles. The molecule has 0 aromatic carbocycles. The van der Waals surface area contributed by atoms with Gasteiger partial charge in [-0.1, -0.05) is 0 Å². The van der Waals surface area contributed by atoms with Crippen LogP contribution >= 0.6 is 11.6 Å². The van der Waals surface area contributed by atoms with Gasteiger partial charge in [-0.15, -0.1) is 11.6 Å². The van der Waals surface area contributed by atoms with E-state index in [1.165, 1.54) is 0 Å². The van der Waals surface area contributed by atoms with Crippen LogP contribution in [0.3, 0.4) is 0 Å². The summed E-state index contributed by atoms with van der Waals surface area (Å²) < 4.78 is 11.5. The van der Waals surface area contributed by atoms with Crippen LogP contribution < -0.4 is 5.32 Å². The molecule has 10 heavy (non-hydrogen) atoms. The van der Waals surface area contributed by atoms with Gasteiger partial charge in [-0.25, -0.2) is 0 Å². The molecule has 0 saturated heterocycles. The highest BCUT2D eigenvalue weighted by Gasteiger charge is 1.94. The summed E-state index contributed by atoms with van der Waals surface area (Å²) in [7, 11) is 0. The van der Waals surface area contributed by atoms with Gasteiger partial charge in [-0.05, 0) is 12.8 Å². The Labute approximate surface area is 64.7 Å². The second kappa shape index (κ2) is 6.81. The van der Waals surface area contributed by atoms with Crippen molar-refractivity contribution in [3.63, 3.8) is 0 Å². The molecule has 60 valence electrons. The summed E-state index contributed by atoms with van der Waals surface area (Å²) in [5, 5.41) is 2.53. The van der Waals surface area contributed by atoms with E-state index in [9.17, 15) is 9.18 Å². The van der Waals surface area contributed by atoms with Crippen LogP contribution in [-0.2, 0) is 4.79 Å². The quantitative estimate of drug-likeness (QED) is 0.482. The van der Waals surface area contributed by atoms with Gasteiger partial charge in [0.05, 0.1) is 6.67 Å². The van der Waals surface area contributed by atoms with Crippen LogP contribution in [0.4, 0.5) is 4.39 Å². The van der Waals surface area contributed by atoms with E-state index in [-0.39, 0.29) is 18.5 Å². The first-order valence-corrected chi connectivity index (χ1v) is 3.73. The molecule has 0 rings (SSSR count). The van der Waals surface area contributed by atoms with Crippen LogP contribution in [0.5, 0.6) is 0 Å². The summed E-state index contributed by atoms with van der Waals surface area (Å²) in [6.07, 6.45) is 1.18. The minimum absolute atomic E-state index is 0.0182. The third-order valence-corrected chi connectivity index (χ3v) is 1.25. The number of carbonyl (C=O) groups excluding carboxylic acids is 1. The smallest absolute Gasteiger partial charge is 0.234 e. The highest BCUT2D eigenvalue weighted by molar-refractivity contribution is 6.27. The maximum absolute atomic E-state index is 11.5. The molecule has 1 N–H and O–H groups in total. The third-order valence-electron chi connectivity index (χ3n) is 1.00.